The van der Waals surface area contributed by atoms with Crippen molar-refractivity contribution in [3.63, 3.8) is 0 Å². The van der Waals surface area contributed by atoms with Gasteiger partial charge in [0.1, 0.15) is 49.0 Å². The number of carbonyl (C=O) groups excluding carboxylic acids is 8. The van der Waals surface area contributed by atoms with Gasteiger partial charge in [-0.2, -0.15) is 12.6 Å². The van der Waals surface area contributed by atoms with Crippen molar-refractivity contribution in [2.75, 3.05) is 47.7 Å². The normalized spacial score (nSPS) is 12.1. The third-order valence-electron chi connectivity index (χ3n) is 14.4. The third kappa shape index (κ3) is 22.1. The Morgan fingerprint density at radius 1 is 0.371 bits per heavy atom. The van der Waals surface area contributed by atoms with Crippen molar-refractivity contribution in [3.8, 4) is 0 Å². The molecule has 4 heterocycles. The van der Waals surface area contributed by atoms with E-state index in [1.165, 1.54) is 18.7 Å². The van der Waals surface area contributed by atoms with Gasteiger partial charge in [-0.3, -0.25) is 38.4 Å². The van der Waals surface area contributed by atoms with E-state index in [4.69, 9.17) is 24.7 Å². The molecular formula is C67H81N17O12S. The Bertz CT molecular complexity index is 3540. The summed E-state index contributed by atoms with van der Waals surface area (Å²) < 4.78 is 30.0. The quantitative estimate of drug-likeness (QED) is 0.0174. The number of benzene rings is 4. The number of nitrogens with one attached hydrogen (secondary N) is 4. The number of nitrogens with zero attached hydrogens (tertiary/aromatic N) is 12. The molecule has 0 unspecified atom stereocenters. The van der Waals surface area contributed by atoms with Crippen LogP contribution < -0.4 is 27.0 Å². The molecule has 0 aliphatic heterocycles. The number of aromatic nitrogens is 12. The number of ether oxygens (including phenoxy) is 4. The first-order chi connectivity index (χ1) is 45.7. The van der Waals surface area contributed by atoms with Crippen LogP contribution in [0, 0.1) is 16.2 Å². The van der Waals surface area contributed by atoms with Crippen LogP contribution in [0.4, 0.5) is 22.7 Å². The minimum absolute atomic E-state index is 0.0310. The average Bonchev–Trinajstić information content (AvgIpc) is 1.53. The Morgan fingerprint density at radius 3 is 0.814 bits per heavy atom. The number of ketones is 4. The first-order valence-electron chi connectivity index (χ1n) is 30.9. The molecule has 4 aromatic carbocycles. The summed E-state index contributed by atoms with van der Waals surface area (Å²) in [5, 5.41) is 44.7. The Hall–Kier alpha value is -9.85. The van der Waals surface area contributed by atoms with Gasteiger partial charge in [-0.25, -0.2) is 18.7 Å². The molecule has 0 spiro atoms. The van der Waals surface area contributed by atoms with Crippen molar-refractivity contribution in [1.82, 2.24) is 60.0 Å². The lowest BCUT2D eigenvalue weighted by Crippen LogP contribution is -2.41. The van der Waals surface area contributed by atoms with Crippen molar-refractivity contribution in [2.24, 2.45) is 22.0 Å². The molecule has 0 fully saturated rings. The molecule has 0 bridgehead atoms. The molecule has 0 saturated heterocycles. The van der Waals surface area contributed by atoms with Crippen LogP contribution >= 0.6 is 12.6 Å². The zero-order chi connectivity index (χ0) is 70.3. The molecule has 6 N–H and O–H groups in total. The Balaban J connectivity index is 0.960. The Labute approximate surface area is 565 Å². The van der Waals surface area contributed by atoms with Crippen LogP contribution in [0.3, 0.4) is 0 Å². The van der Waals surface area contributed by atoms with Gasteiger partial charge in [0.25, 0.3) is 0 Å². The molecule has 29 nitrogen and oxygen atoms in total. The summed E-state index contributed by atoms with van der Waals surface area (Å²) in [6.45, 7) is 16.0. The van der Waals surface area contributed by atoms with E-state index in [0.717, 1.165) is 0 Å². The van der Waals surface area contributed by atoms with E-state index < -0.39 is 50.2 Å². The Kier molecular flexibility index (Phi) is 23.9. The molecule has 8 aromatic rings. The summed E-state index contributed by atoms with van der Waals surface area (Å²) in [7, 11) is 0. The van der Waals surface area contributed by atoms with Crippen LogP contribution in [0.25, 0.3) is 0 Å². The fraction of sp³-hybridized carbons (Fsp3) is 0.403. The van der Waals surface area contributed by atoms with E-state index in [-0.39, 0.29) is 102 Å². The lowest BCUT2D eigenvalue weighted by Gasteiger charge is -2.32. The number of nitrogens with two attached hydrogens (primary N) is 1. The largest absolute Gasteiger partial charge is 0.374 e. The number of thiol groups is 1. The number of anilines is 4. The number of Topliss-reactive ketones (excluding diaryl/α,β-unsaturated/α-hetero) is 4. The summed E-state index contributed by atoms with van der Waals surface area (Å²) in [6, 6.07) is 26.1. The van der Waals surface area contributed by atoms with Gasteiger partial charge in [-0.05, 0) is 125 Å². The number of carbonyl (C=O) groups is 8. The lowest BCUT2D eigenvalue weighted by atomic mass is 9.86. The lowest BCUT2D eigenvalue weighted by molar-refractivity contribution is -0.118. The standard InChI is InChI=1S/C67H81N17O12S/c1-63(2,3)59(89)43-11-19-47(20-12-43)69-55(85)31-81-27-51(73-77-81)35-93-39-67(40-94-36-52-28-82(78-74-52)32-56(86)70-48-21-13-44(14-22-48)60(90)64(4,5)6,41-95-37-53-29-83(79-75-53)33-57(87)71-49-23-15-45(16-24-49)61(91)65(7,8)68)42-96-38-54-30-84(80-76-54)34-58(88)72-50-25-17-46(18-26-50)62(92)66(9,10)97/h11-30,97H,31-42,68H2,1-10H3,(H,69,85)(H,70,86)(H,71,87)(H,72,88). The van der Waals surface area contributed by atoms with E-state index >= 15 is 0 Å². The number of hydrogen-bond acceptors (Lipinski definition) is 22. The second-order valence-corrected chi connectivity index (χ2v) is 27.8. The number of amides is 4. The van der Waals surface area contributed by atoms with Crippen LogP contribution in [0.15, 0.2) is 122 Å². The van der Waals surface area contributed by atoms with Gasteiger partial charge in [-0.1, -0.05) is 62.4 Å². The van der Waals surface area contributed by atoms with Gasteiger partial charge in [0, 0.05) is 55.8 Å². The van der Waals surface area contributed by atoms with Crippen LogP contribution in [0.1, 0.15) is 133 Å². The molecule has 0 radical (unpaired) electrons. The van der Waals surface area contributed by atoms with E-state index in [1.54, 1.807) is 150 Å². The summed E-state index contributed by atoms with van der Waals surface area (Å²) >= 11 is 4.37. The van der Waals surface area contributed by atoms with E-state index in [2.05, 4.69) is 75.1 Å². The first-order valence-corrected chi connectivity index (χ1v) is 31.4. The number of rotatable bonds is 34. The maximum Gasteiger partial charge on any atom is 0.246 e. The molecule has 0 aliphatic carbocycles. The molecule has 4 aromatic heterocycles. The molecular weight excluding hydrogens is 1270 g/mol. The summed E-state index contributed by atoms with van der Waals surface area (Å²) in [5.74, 6) is -2.09. The third-order valence-corrected chi connectivity index (χ3v) is 14.6. The van der Waals surface area contributed by atoms with Gasteiger partial charge >= 0.3 is 0 Å². The van der Waals surface area contributed by atoms with Gasteiger partial charge < -0.3 is 45.9 Å². The fourth-order valence-corrected chi connectivity index (χ4v) is 9.60. The predicted molar refractivity (Wildman–Crippen MR) is 359 cm³/mol. The molecule has 97 heavy (non-hydrogen) atoms. The van der Waals surface area contributed by atoms with E-state index in [9.17, 15) is 38.4 Å². The van der Waals surface area contributed by atoms with Crippen molar-refractivity contribution >= 4 is 82.1 Å². The highest BCUT2D eigenvalue weighted by Crippen LogP contribution is 2.27. The van der Waals surface area contributed by atoms with Crippen molar-refractivity contribution in [1.29, 1.82) is 0 Å². The van der Waals surface area contributed by atoms with E-state index in [0.29, 0.717) is 67.8 Å². The smallest absolute Gasteiger partial charge is 0.246 e. The molecule has 0 saturated carbocycles. The van der Waals surface area contributed by atoms with Gasteiger partial charge in [0.15, 0.2) is 23.1 Å². The maximum atomic E-state index is 13.2. The molecule has 0 atom stereocenters. The summed E-state index contributed by atoms with van der Waals surface area (Å²) in [5.41, 5.74) is 7.87. The minimum atomic E-state index is -1.17. The highest BCUT2D eigenvalue weighted by Gasteiger charge is 2.34. The minimum Gasteiger partial charge on any atom is -0.374 e. The number of hydrogen-bond donors (Lipinski definition) is 6. The van der Waals surface area contributed by atoms with Crippen LogP contribution in [-0.2, 0) is 90.7 Å². The van der Waals surface area contributed by atoms with Crippen LogP contribution in [-0.4, -0.2) is 143 Å². The highest BCUT2D eigenvalue weighted by atomic mass is 32.1. The predicted octanol–water partition coefficient (Wildman–Crippen LogP) is 7.03. The van der Waals surface area contributed by atoms with Crippen molar-refractivity contribution in [3.05, 3.63) is 167 Å². The molecule has 4 amide bonds. The van der Waals surface area contributed by atoms with Gasteiger partial charge in [0.2, 0.25) is 23.6 Å². The van der Waals surface area contributed by atoms with Crippen LogP contribution in [0.2, 0.25) is 0 Å². The van der Waals surface area contributed by atoms with Crippen molar-refractivity contribution < 1.29 is 57.3 Å². The van der Waals surface area contributed by atoms with E-state index in [1.807, 2.05) is 41.5 Å². The molecule has 8 rings (SSSR count). The monoisotopic (exact) mass is 1350 g/mol. The van der Waals surface area contributed by atoms with Crippen molar-refractivity contribution in [2.45, 2.75) is 132 Å². The van der Waals surface area contributed by atoms with Gasteiger partial charge in [-0.15, -0.1) is 20.4 Å². The molecule has 30 heteroatoms. The molecule has 512 valence electrons. The van der Waals surface area contributed by atoms with Gasteiger partial charge in [0.05, 0.1) is 93.3 Å². The summed E-state index contributed by atoms with van der Waals surface area (Å²) in [6.07, 6.45) is 6.22. The SMILES string of the molecule is CC(C)(C)C(=O)c1ccc(NC(=O)Cn2cc(COCC(COCc3cn(CC(=O)Nc4ccc(C(=O)C(C)(C)C)cc4)nn3)(COCc3cn(CC(=O)Nc4ccc(C(=O)C(C)(C)N)cc4)nn3)COCc3cn(CC(=O)Nc4ccc(C(=O)C(C)(C)S)cc4)nn3)nn2)cc1. The maximum absolute atomic E-state index is 13.2. The average molecular weight is 1350 g/mol. The second kappa shape index (κ2) is 31.8. The highest BCUT2D eigenvalue weighted by molar-refractivity contribution is 7.82. The second-order valence-electron chi connectivity index (χ2n) is 26.7. The topological polar surface area (TPSA) is 370 Å². The molecule has 0 aliphatic rings. The fourth-order valence-electron chi connectivity index (χ4n) is 9.47. The Morgan fingerprint density at radius 2 is 0.598 bits per heavy atom. The zero-order valence-electron chi connectivity index (χ0n) is 55.8. The van der Waals surface area contributed by atoms with Crippen LogP contribution in [0.5, 0.6) is 0 Å². The zero-order valence-corrected chi connectivity index (χ0v) is 56.7. The summed E-state index contributed by atoms with van der Waals surface area (Å²) in [4.78, 5) is 104. The first kappa shape index (κ1) is 73.0.